The van der Waals surface area contributed by atoms with Gasteiger partial charge in [0, 0.05) is 6.04 Å². The molecule has 0 saturated carbocycles. The molecule has 0 radical (unpaired) electrons. The van der Waals surface area contributed by atoms with Crippen molar-refractivity contribution in [3.05, 3.63) is 0 Å². The van der Waals surface area contributed by atoms with E-state index in [1.165, 1.54) is 6.92 Å². The molecule has 82 valence electrons. The van der Waals surface area contributed by atoms with E-state index in [1.807, 2.05) is 0 Å². The summed E-state index contributed by atoms with van der Waals surface area (Å²) >= 11 is 0. The summed E-state index contributed by atoms with van der Waals surface area (Å²) in [7, 11) is 0. The van der Waals surface area contributed by atoms with Crippen LogP contribution in [0.15, 0.2) is 0 Å². The Labute approximate surface area is 82.3 Å². The molecule has 0 bridgehead atoms. The molecule has 0 spiro atoms. The molecule has 2 atom stereocenters. The first-order valence-corrected chi connectivity index (χ1v) is 4.32. The quantitative estimate of drug-likeness (QED) is 0.497. The van der Waals surface area contributed by atoms with Crippen LogP contribution in [0.5, 0.6) is 0 Å². The van der Waals surface area contributed by atoms with Crippen molar-refractivity contribution in [2.24, 2.45) is 0 Å². The summed E-state index contributed by atoms with van der Waals surface area (Å²) in [6.07, 6.45) is -1.13. The third-order valence-corrected chi connectivity index (χ3v) is 1.45. The minimum Gasteiger partial charge on any atom is -0.480 e. The summed E-state index contributed by atoms with van der Waals surface area (Å²) in [4.78, 5) is 21.6. The summed E-state index contributed by atoms with van der Waals surface area (Å²) in [6.45, 7) is 4.80. The van der Waals surface area contributed by atoms with Crippen molar-refractivity contribution in [1.29, 1.82) is 0 Å². The average Bonchev–Trinajstić information content (AvgIpc) is 1.97. The zero-order chi connectivity index (χ0) is 11.3. The van der Waals surface area contributed by atoms with Gasteiger partial charge in [-0.2, -0.15) is 0 Å². The van der Waals surface area contributed by atoms with E-state index in [0.29, 0.717) is 0 Å². The van der Waals surface area contributed by atoms with E-state index >= 15 is 0 Å². The Morgan fingerprint density at radius 1 is 1.14 bits per heavy atom. The van der Waals surface area contributed by atoms with Gasteiger partial charge in [0.1, 0.15) is 0 Å². The molecule has 0 fully saturated rings. The second-order valence-corrected chi connectivity index (χ2v) is 3.33. The highest BCUT2D eigenvalue weighted by atomic mass is 16.4. The number of hydrogen-bond donors (Lipinski definition) is 4. The number of carbonyl (C=O) groups is 2. The lowest BCUT2D eigenvalue weighted by molar-refractivity contribution is -0.141. The molecular formula is C8H16N2O4. The molecule has 0 rings (SSSR count). The van der Waals surface area contributed by atoms with Gasteiger partial charge >= 0.3 is 12.0 Å². The van der Waals surface area contributed by atoms with Crippen LogP contribution in [-0.4, -0.2) is 40.4 Å². The van der Waals surface area contributed by atoms with Gasteiger partial charge in [0.2, 0.25) is 0 Å². The molecule has 0 saturated heterocycles. The number of amides is 2. The Morgan fingerprint density at radius 2 is 1.64 bits per heavy atom. The Hall–Kier alpha value is -1.30. The molecule has 14 heavy (non-hydrogen) atoms. The van der Waals surface area contributed by atoms with Gasteiger partial charge in [-0.3, -0.25) is 0 Å². The fourth-order valence-corrected chi connectivity index (χ4v) is 0.834. The van der Waals surface area contributed by atoms with Crippen LogP contribution < -0.4 is 10.6 Å². The van der Waals surface area contributed by atoms with Crippen LogP contribution in [0.1, 0.15) is 20.8 Å². The van der Waals surface area contributed by atoms with Gasteiger partial charge in [-0.15, -0.1) is 0 Å². The Morgan fingerprint density at radius 3 is 1.93 bits per heavy atom. The predicted molar refractivity (Wildman–Crippen MR) is 49.9 cm³/mol. The monoisotopic (exact) mass is 204 g/mol. The van der Waals surface area contributed by atoms with Crippen molar-refractivity contribution in [1.82, 2.24) is 10.6 Å². The molecule has 0 unspecified atom stereocenters. The Kier molecular flexibility index (Phi) is 4.93. The van der Waals surface area contributed by atoms with E-state index in [9.17, 15) is 9.59 Å². The Balaban J connectivity index is 4.17. The lowest BCUT2D eigenvalue weighted by Crippen LogP contribution is -2.52. The molecule has 0 aromatic carbocycles. The smallest absolute Gasteiger partial charge is 0.328 e. The maximum atomic E-state index is 11.1. The van der Waals surface area contributed by atoms with Crippen LogP contribution in [0.3, 0.4) is 0 Å². The number of aliphatic hydroxyl groups excluding tert-OH is 1. The molecule has 2 amide bonds. The van der Waals surface area contributed by atoms with E-state index in [4.69, 9.17) is 10.2 Å². The summed E-state index contributed by atoms with van der Waals surface area (Å²) in [5, 5.41) is 22.3. The summed E-state index contributed by atoms with van der Waals surface area (Å²) in [5.41, 5.74) is 0. The van der Waals surface area contributed by atoms with E-state index in [-0.39, 0.29) is 6.04 Å². The van der Waals surface area contributed by atoms with E-state index in [0.717, 1.165) is 0 Å². The zero-order valence-electron chi connectivity index (χ0n) is 8.44. The van der Waals surface area contributed by atoms with Crippen LogP contribution in [0.25, 0.3) is 0 Å². The number of hydrogen-bond acceptors (Lipinski definition) is 3. The van der Waals surface area contributed by atoms with Crippen molar-refractivity contribution in [2.75, 3.05) is 0 Å². The number of urea groups is 1. The number of aliphatic hydroxyl groups is 1. The lowest BCUT2D eigenvalue weighted by Gasteiger charge is -2.18. The molecule has 6 nitrogen and oxygen atoms in total. The normalized spacial score (nSPS) is 14.6. The summed E-state index contributed by atoms with van der Waals surface area (Å²) in [5.74, 6) is -1.26. The highest BCUT2D eigenvalue weighted by Crippen LogP contribution is 1.92. The van der Waals surface area contributed by atoms with E-state index in [1.54, 1.807) is 13.8 Å². The van der Waals surface area contributed by atoms with Gasteiger partial charge < -0.3 is 20.8 Å². The van der Waals surface area contributed by atoms with E-state index < -0.39 is 24.1 Å². The molecule has 0 aromatic heterocycles. The van der Waals surface area contributed by atoms with Crippen LogP contribution in [0.2, 0.25) is 0 Å². The van der Waals surface area contributed by atoms with Crippen molar-refractivity contribution >= 4 is 12.0 Å². The summed E-state index contributed by atoms with van der Waals surface area (Å²) < 4.78 is 0. The number of nitrogens with one attached hydrogen (secondary N) is 2. The third kappa shape index (κ3) is 4.66. The molecule has 0 aliphatic rings. The van der Waals surface area contributed by atoms with Gasteiger partial charge in [-0.1, -0.05) is 0 Å². The Bertz CT molecular complexity index is 215. The highest BCUT2D eigenvalue weighted by molar-refractivity contribution is 5.83. The van der Waals surface area contributed by atoms with Crippen LogP contribution >= 0.6 is 0 Å². The van der Waals surface area contributed by atoms with Crippen molar-refractivity contribution in [3.63, 3.8) is 0 Å². The molecule has 0 aliphatic carbocycles. The predicted octanol–water partition coefficient (Wildman–Crippen LogP) is -0.472. The van der Waals surface area contributed by atoms with Gasteiger partial charge in [0.05, 0.1) is 6.10 Å². The van der Waals surface area contributed by atoms with Crippen molar-refractivity contribution in [2.45, 2.75) is 39.0 Å². The highest BCUT2D eigenvalue weighted by Gasteiger charge is 2.24. The van der Waals surface area contributed by atoms with Gasteiger partial charge in [-0.05, 0) is 20.8 Å². The largest absolute Gasteiger partial charge is 0.480 e. The molecule has 0 aliphatic heterocycles. The van der Waals surface area contributed by atoms with Crippen molar-refractivity contribution in [3.8, 4) is 0 Å². The second kappa shape index (κ2) is 5.43. The topological polar surface area (TPSA) is 98.7 Å². The maximum absolute atomic E-state index is 11.1. The number of carboxylic acids is 1. The molecular weight excluding hydrogens is 188 g/mol. The summed E-state index contributed by atoms with van der Waals surface area (Å²) in [6, 6.07) is -1.97. The number of carbonyl (C=O) groups excluding carboxylic acids is 1. The fourth-order valence-electron chi connectivity index (χ4n) is 0.834. The van der Waals surface area contributed by atoms with E-state index in [2.05, 4.69) is 10.6 Å². The standard InChI is InChI=1S/C8H16N2O4/c1-4(2)9-8(14)10-6(5(3)11)7(12)13/h4-6,11H,1-3H3,(H,12,13)(H2,9,10,14)/t5-,6+/m1/s1. The van der Waals surface area contributed by atoms with Crippen LogP contribution in [-0.2, 0) is 4.79 Å². The van der Waals surface area contributed by atoms with Crippen LogP contribution in [0.4, 0.5) is 4.79 Å². The molecule has 0 aromatic rings. The molecule has 6 heteroatoms. The first-order valence-electron chi connectivity index (χ1n) is 4.32. The third-order valence-electron chi connectivity index (χ3n) is 1.45. The number of carboxylic acid groups (broad SMARTS) is 1. The number of aliphatic carboxylic acids is 1. The van der Waals surface area contributed by atoms with Crippen LogP contribution in [0, 0.1) is 0 Å². The van der Waals surface area contributed by atoms with Gasteiger partial charge in [0.25, 0.3) is 0 Å². The minimum atomic E-state index is -1.28. The molecule has 4 N–H and O–H groups in total. The lowest BCUT2D eigenvalue weighted by atomic mass is 10.2. The fraction of sp³-hybridized carbons (Fsp3) is 0.750. The number of rotatable bonds is 4. The minimum absolute atomic E-state index is 0.0848. The van der Waals surface area contributed by atoms with Crippen molar-refractivity contribution < 1.29 is 19.8 Å². The molecule has 0 heterocycles. The SMILES string of the molecule is CC(C)NC(=O)N[C@H](C(=O)O)[C@@H](C)O. The first kappa shape index (κ1) is 12.7. The van der Waals surface area contributed by atoms with Gasteiger partial charge in [-0.25, -0.2) is 9.59 Å². The average molecular weight is 204 g/mol. The zero-order valence-corrected chi connectivity index (χ0v) is 8.44. The second-order valence-electron chi connectivity index (χ2n) is 3.33. The maximum Gasteiger partial charge on any atom is 0.328 e. The van der Waals surface area contributed by atoms with Gasteiger partial charge in [0.15, 0.2) is 6.04 Å². The first-order chi connectivity index (χ1) is 6.34.